The molecule has 7 heteroatoms. The molecule has 2 N–H and O–H groups in total. The van der Waals surface area contributed by atoms with E-state index in [1.54, 1.807) is 20.9 Å². The van der Waals surface area contributed by atoms with Crippen molar-refractivity contribution in [2.24, 2.45) is 0 Å². The van der Waals surface area contributed by atoms with Crippen LogP contribution in [0.3, 0.4) is 0 Å². The summed E-state index contributed by atoms with van der Waals surface area (Å²) in [5.41, 5.74) is 1.86. The van der Waals surface area contributed by atoms with Gasteiger partial charge in [0.2, 0.25) is 10.0 Å². The van der Waals surface area contributed by atoms with Crippen LogP contribution >= 0.6 is 0 Å². The Morgan fingerprint density at radius 2 is 2.10 bits per heavy atom. The molecule has 1 aromatic heterocycles. The van der Waals surface area contributed by atoms with Crippen molar-refractivity contribution in [3.05, 3.63) is 23.5 Å². The first-order valence-electron chi connectivity index (χ1n) is 6.54. The van der Waals surface area contributed by atoms with E-state index in [2.05, 4.69) is 22.1 Å². The van der Waals surface area contributed by atoms with Crippen molar-refractivity contribution < 1.29 is 8.42 Å². The number of likely N-dealkylation sites (N-methyl/N-ethyl adjacent to an activating group) is 1. The van der Waals surface area contributed by atoms with Crippen LogP contribution in [0.1, 0.15) is 32.2 Å². The monoisotopic (exact) mass is 300 g/mol. The Morgan fingerprint density at radius 1 is 1.50 bits per heavy atom. The second-order valence-corrected chi connectivity index (χ2v) is 7.36. The SMILES string of the molecule is C=C(C)CN(C)S(=O)(=O)c1c(CNC(C)C)n[nH]c1C. The quantitative estimate of drug-likeness (QED) is 0.746. The summed E-state index contributed by atoms with van der Waals surface area (Å²) in [5, 5.41) is 10.0. The third-order valence-corrected chi connectivity index (χ3v) is 4.81. The largest absolute Gasteiger partial charge is 0.309 e. The Kier molecular flexibility index (Phi) is 5.50. The molecule has 0 saturated heterocycles. The lowest BCUT2D eigenvalue weighted by atomic mass is 10.3. The summed E-state index contributed by atoms with van der Waals surface area (Å²) in [7, 11) is -2.01. The molecule has 0 fully saturated rings. The van der Waals surface area contributed by atoms with Crippen LogP contribution < -0.4 is 5.32 Å². The first-order valence-corrected chi connectivity index (χ1v) is 7.98. The molecule has 20 heavy (non-hydrogen) atoms. The maximum atomic E-state index is 12.6. The number of hydrogen-bond acceptors (Lipinski definition) is 4. The minimum absolute atomic E-state index is 0.259. The summed E-state index contributed by atoms with van der Waals surface area (Å²) < 4.78 is 26.5. The van der Waals surface area contributed by atoms with E-state index in [9.17, 15) is 8.42 Å². The molecule has 1 heterocycles. The van der Waals surface area contributed by atoms with E-state index in [1.807, 2.05) is 13.8 Å². The van der Waals surface area contributed by atoms with Crippen LogP contribution in [0.2, 0.25) is 0 Å². The van der Waals surface area contributed by atoms with E-state index in [-0.39, 0.29) is 10.9 Å². The van der Waals surface area contributed by atoms with Crippen molar-refractivity contribution in [3.8, 4) is 0 Å². The number of hydrogen-bond donors (Lipinski definition) is 2. The summed E-state index contributed by atoms with van der Waals surface area (Å²) in [6.45, 7) is 12.0. The second-order valence-electron chi connectivity index (χ2n) is 5.38. The Balaban J connectivity index is 3.11. The van der Waals surface area contributed by atoms with Gasteiger partial charge in [-0.05, 0) is 13.8 Å². The van der Waals surface area contributed by atoms with Crippen molar-refractivity contribution in [3.63, 3.8) is 0 Å². The average molecular weight is 300 g/mol. The number of aromatic nitrogens is 2. The molecular formula is C13H24N4O2S. The highest BCUT2D eigenvalue weighted by atomic mass is 32.2. The lowest BCUT2D eigenvalue weighted by molar-refractivity contribution is 0.490. The highest BCUT2D eigenvalue weighted by molar-refractivity contribution is 7.89. The normalized spacial score (nSPS) is 12.3. The van der Waals surface area contributed by atoms with Gasteiger partial charge >= 0.3 is 0 Å². The van der Waals surface area contributed by atoms with Crippen molar-refractivity contribution >= 4 is 10.0 Å². The van der Waals surface area contributed by atoms with Crippen LogP contribution in [0.5, 0.6) is 0 Å². The number of sulfonamides is 1. The van der Waals surface area contributed by atoms with Crippen LogP contribution in [0, 0.1) is 6.92 Å². The maximum Gasteiger partial charge on any atom is 0.246 e. The molecule has 0 spiro atoms. The molecule has 0 aliphatic rings. The molecule has 6 nitrogen and oxygen atoms in total. The Labute approximate surface area is 121 Å². The molecule has 1 aromatic rings. The molecular weight excluding hydrogens is 276 g/mol. The number of H-pyrrole nitrogens is 1. The van der Waals surface area contributed by atoms with Gasteiger partial charge in [0, 0.05) is 26.2 Å². The first kappa shape index (κ1) is 16.9. The molecule has 0 aliphatic carbocycles. The average Bonchev–Trinajstić information content (AvgIpc) is 2.67. The third-order valence-electron chi connectivity index (χ3n) is 2.80. The fraction of sp³-hybridized carbons (Fsp3) is 0.615. The van der Waals surface area contributed by atoms with Crippen molar-refractivity contribution in [2.75, 3.05) is 13.6 Å². The Hall–Kier alpha value is -1.18. The molecule has 0 atom stereocenters. The first-order chi connectivity index (χ1) is 9.16. The second kappa shape index (κ2) is 6.51. The zero-order valence-corrected chi connectivity index (χ0v) is 13.6. The fourth-order valence-corrected chi connectivity index (χ4v) is 3.40. The summed E-state index contributed by atoms with van der Waals surface area (Å²) >= 11 is 0. The smallest absolute Gasteiger partial charge is 0.246 e. The molecule has 0 aliphatic heterocycles. The van der Waals surface area contributed by atoms with Gasteiger partial charge in [-0.3, -0.25) is 5.10 Å². The Morgan fingerprint density at radius 3 is 2.60 bits per heavy atom. The number of aryl methyl sites for hydroxylation is 1. The molecule has 0 saturated carbocycles. The van der Waals surface area contributed by atoms with Gasteiger partial charge in [0.1, 0.15) is 4.90 Å². The van der Waals surface area contributed by atoms with Gasteiger partial charge in [0.05, 0.1) is 11.4 Å². The summed E-state index contributed by atoms with van der Waals surface area (Å²) in [6, 6.07) is 0.260. The highest BCUT2D eigenvalue weighted by Gasteiger charge is 2.28. The van der Waals surface area contributed by atoms with Gasteiger partial charge in [0.25, 0.3) is 0 Å². The third kappa shape index (κ3) is 3.91. The van der Waals surface area contributed by atoms with Crippen LogP contribution in [0.25, 0.3) is 0 Å². The number of nitrogens with zero attached hydrogens (tertiary/aromatic N) is 2. The molecule has 114 valence electrons. The van der Waals surface area contributed by atoms with E-state index in [0.29, 0.717) is 24.5 Å². The molecule has 0 aromatic carbocycles. The van der Waals surface area contributed by atoms with Gasteiger partial charge < -0.3 is 5.32 Å². The van der Waals surface area contributed by atoms with Crippen molar-refractivity contribution in [2.45, 2.75) is 45.2 Å². The van der Waals surface area contributed by atoms with Crippen LogP contribution in [-0.2, 0) is 16.6 Å². The molecule has 0 amide bonds. The van der Waals surface area contributed by atoms with Crippen molar-refractivity contribution in [1.29, 1.82) is 0 Å². The minimum Gasteiger partial charge on any atom is -0.309 e. The molecule has 0 radical (unpaired) electrons. The predicted octanol–water partition coefficient (Wildman–Crippen LogP) is 1.41. The van der Waals surface area contributed by atoms with Gasteiger partial charge in [-0.15, -0.1) is 0 Å². The summed E-state index contributed by atoms with van der Waals surface area (Å²) in [5.74, 6) is 0. The Bertz CT molecular complexity index is 575. The molecule has 1 rings (SSSR count). The van der Waals surface area contributed by atoms with Gasteiger partial charge in [-0.1, -0.05) is 26.0 Å². The minimum atomic E-state index is -3.56. The van der Waals surface area contributed by atoms with E-state index in [0.717, 1.165) is 5.57 Å². The lowest BCUT2D eigenvalue weighted by Crippen LogP contribution is -2.30. The van der Waals surface area contributed by atoms with Gasteiger partial charge in [-0.2, -0.15) is 9.40 Å². The van der Waals surface area contributed by atoms with E-state index in [4.69, 9.17) is 0 Å². The summed E-state index contributed by atoms with van der Waals surface area (Å²) in [4.78, 5) is 0.259. The maximum absolute atomic E-state index is 12.6. The van der Waals surface area contributed by atoms with Crippen molar-refractivity contribution in [1.82, 2.24) is 19.8 Å². The molecule has 0 bridgehead atoms. The highest BCUT2D eigenvalue weighted by Crippen LogP contribution is 2.21. The van der Waals surface area contributed by atoms with Gasteiger partial charge in [0.15, 0.2) is 0 Å². The van der Waals surface area contributed by atoms with Crippen LogP contribution in [0.15, 0.2) is 17.0 Å². The molecule has 0 unspecified atom stereocenters. The zero-order valence-electron chi connectivity index (χ0n) is 12.8. The fourth-order valence-electron chi connectivity index (χ4n) is 1.85. The van der Waals surface area contributed by atoms with Crippen LogP contribution in [0.4, 0.5) is 0 Å². The zero-order chi connectivity index (χ0) is 15.5. The number of aromatic amines is 1. The topological polar surface area (TPSA) is 78.1 Å². The van der Waals surface area contributed by atoms with E-state index in [1.165, 1.54) is 4.31 Å². The number of nitrogens with one attached hydrogen (secondary N) is 2. The number of rotatable bonds is 7. The lowest BCUT2D eigenvalue weighted by Gasteiger charge is -2.18. The van der Waals surface area contributed by atoms with E-state index >= 15 is 0 Å². The van der Waals surface area contributed by atoms with E-state index < -0.39 is 10.0 Å². The van der Waals surface area contributed by atoms with Gasteiger partial charge in [-0.25, -0.2) is 8.42 Å². The predicted molar refractivity (Wildman–Crippen MR) is 79.9 cm³/mol. The standard InChI is InChI=1S/C13H24N4O2S/c1-9(2)8-17(6)20(18,19)13-11(5)15-16-12(13)7-14-10(3)4/h10,14H,1,7-8H2,2-6H3,(H,15,16). The van der Waals surface area contributed by atoms with Crippen LogP contribution in [-0.4, -0.2) is 42.6 Å². The summed E-state index contributed by atoms with van der Waals surface area (Å²) in [6.07, 6.45) is 0.